The Morgan fingerprint density at radius 2 is 1.42 bits per heavy atom. The number of carbonyl (C=O) groups excluding carboxylic acids is 1. The summed E-state index contributed by atoms with van der Waals surface area (Å²) in [4.78, 5) is 15.3. The van der Waals surface area contributed by atoms with E-state index in [-0.39, 0.29) is 16.9 Å². The summed E-state index contributed by atoms with van der Waals surface area (Å²) in [7, 11) is 2.05. The number of hydrogen-bond donors (Lipinski definition) is 0. The van der Waals surface area contributed by atoms with Gasteiger partial charge in [-0.2, -0.15) is 0 Å². The van der Waals surface area contributed by atoms with E-state index in [4.69, 9.17) is 0 Å². The third-order valence-electron chi connectivity index (χ3n) is 4.45. The Labute approximate surface area is 147 Å². The molecule has 1 atom stereocenters. The molecular weight excluding hydrogens is 314 g/mol. The molecule has 2 aromatic rings. The van der Waals surface area contributed by atoms with Crippen LogP contribution in [0.2, 0.25) is 0 Å². The lowest BCUT2D eigenvalue weighted by molar-refractivity contribution is -0.121. The van der Waals surface area contributed by atoms with Crippen LogP contribution >= 0.6 is 0 Å². The van der Waals surface area contributed by atoms with E-state index in [0.29, 0.717) is 0 Å². The van der Waals surface area contributed by atoms with Gasteiger partial charge in [-0.15, -0.1) is 4.31 Å². The van der Waals surface area contributed by atoms with Crippen molar-refractivity contribution in [1.29, 1.82) is 0 Å². The van der Waals surface area contributed by atoms with Crippen molar-refractivity contribution < 1.29 is 4.79 Å². The molecule has 0 aliphatic heterocycles. The van der Waals surface area contributed by atoms with E-state index in [1.165, 1.54) is 9.79 Å². The van der Waals surface area contributed by atoms with Gasteiger partial charge in [0.05, 0.1) is 0 Å². The van der Waals surface area contributed by atoms with Crippen molar-refractivity contribution in [2.24, 2.45) is 0 Å². The third-order valence-corrected chi connectivity index (χ3v) is 6.81. The van der Waals surface area contributed by atoms with Gasteiger partial charge in [0, 0.05) is 7.05 Å². The van der Waals surface area contributed by atoms with Crippen molar-refractivity contribution in [2.75, 3.05) is 7.05 Å². The molecule has 0 saturated heterocycles. The molecule has 122 valence electrons. The van der Waals surface area contributed by atoms with Crippen LogP contribution in [-0.4, -0.2) is 22.7 Å². The molecular formula is C21H22NOS+. The molecule has 1 unspecified atom stereocenters. The van der Waals surface area contributed by atoms with Crippen molar-refractivity contribution in [3.05, 3.63) is 84.5 Å². The Bertz CT molecular complexity index is 743. The van der Waals surface area contributed by atoms with E-state index in [1.807, 2.05) is 51.3 Å². The number of hydrogen-bond acceptors (Lipinski definition) is 2. The number of nitrogens with zero attached hydrogens (tertiary/aromatic N) is 1. The summed E-state index contributed by atoms with van der Waals surface area (Å²) < 4.78 is 2.20. The fraction of sp³-hybridized carbons (Fsp3) is 0.190. The molecule has 2 aromatic carbocycles. The van der Waals surface area contributed by atoms with Crippen molar-refractivity contribution in [1.82, 2.24) is 4.31 Å². The maximum Gasteiger partial charge on any atom is 0.186 e. The highest BCUT2D eigenvalue weighted by molar-refractivity contribution is 7.94. The molecule has 0 fully saturated rings. The predicted octanol–water partition coefficient (Wildman–Crippen LogP) is 4.41. The summed E-state index contributed by atoms with van der Waals surface area (Å²) in [6.07, 6.45) is 5.89. The van der Waals surface area contributed by atoms with Crippen LogP contribution in [0, 0.1) is 0 Å². The molecule has 3 rings (SSSR count). The second-order valence-corrected chi connectivity index (χ2v) is 8.15. The number of benzene rings is 2. The molecule has 0 amide bonds. The average Bonchev–Trinajstić information content (AvgIpc) is 2.61. The van der Waals surface area contributed by atoms with Gasteiger partial charge in [0.25, 0.3) is 0 Å². The van der Waals surface area contributed by atoms with E-state index in [9.17, 15) is 4.79 Å². The number of Topliss-reactive ketones (excluding diaryl/α,β-unsaturated/α-hetero) is 1. The quantitative estimate of drug-likeness (QED) is 0.771. The number of allylic oxidation sites excluding steroid dienone is 2. The fourth-order valence-corrected chi connectivity index (χ4v) is 5.18. The highest BCUT2D eigenvalue weighted by Crippen LogP contribution is 2.34. The minimum Gasteiger partial charge on any atom is -0.292 e. The number of likely N-dealkylation sites (N-methyl/N-ethyl adjacent to an activating group) is 1. The van der Waals surface area contributed by atoms with Gasteiger partial charge in [-0.05, 0) is 43.7 Å². The first-order valence-electron chi connectivity index (χ1n) is 8.03. The molecule has 0 aromatic heterocycles. The maximum absolute atomic E-state index is 12.9. The van der Waals surface area contributed by atoms with Gasteiger partial charge in [-0.1, -0.05) is 54.6 Å². The minimum atomic E-state index is -0.645. The van der Waals surface area contributed by atoms with E-state index in [1.54, 1.807) is 0 Å². The molecule has 3 heteroatoms. The average molecular weight is 336 g/mol. The van der Waals surface area contributed by atoms with Crippen LogP contribution in [0.25, 0.3) is 0 Å². The summed E-state index contributed by atoms with van der Waals surface area (Å²) in [6, 6.07) is 20.8. The lowest BCUT2D eigenvalue weighted by Crippen LogP contribution is -2.52. The number of carbonyl (C=O) groups is 1. The first-order valence-corrected chi connectivity index (χ1v) is 9.21. The maximum atomic E-state index is 12.9. The van der Waals surface area contributed by atoms with Crippen molar-refractivity contribution in [2.45, 2.75) is 29.2 Å². The van der Waals surface area contributed by atoms with E-state index in [0.717, 1.165) is 5.57 Å². The van der Waals surface area contributed by atoms with Crippen LogP contribution < -0.4 is 0 Å². The van der Waals surface area contributed by atoms with Gasteiger partial charge in [0.15, 0.2) is 26.7 Å². The second kappa shape index (κ2) is 6.80. The molecule has 1 aliphatic carbocycles. The van der Waals surface area contributed by atoms with Gasteiger partial charge in [-0.3, -0.25) is 4.79 Å². The molecule has 0 N–H and O–H groups in total. The van der Waals surface area contributed by atoms with Crippen LogP contribution in [0.15, 0.2) is 94.3 Å². The van der Waals surface area contributed by atoms with Crippen molar-refractivity contribution >= 4 is 16.9 Å². The van der Waals surface area contributed by atoms with E-state index in [2.05, 4.69) is 52.8 Å². The monoisotopic (exact) mass is 336 g/mol. The van der Waals surface area contributed by atoms with Gasteiger partial charge in [-0.25, -0.2) is 0 Å². The lowest BCUT2D eigenvalue weighted by atomic mass is 9.87. The Morgan fingerprint density at radius 1 is 0.917 bits per heavy atom. The predicted molar refractivity (Wildman–Crippen MR) is 101 cm³/mol. The molecule has 24 heavy (non-hydrogen) atoms. The summed E-state index contributed by atoms with van der Waals surface area (Å²) in [6.45, 7) is 3.90. The third kappa shape index (κ3) is 2.97. The van der Waals surface area contributed by atoms with Crippen molar-refractivity contribution in [3.8, 4) is 0 Å². The summed E-state index contributed by atoms with van der Waals surface area (Å²) in [5.74, 6) is 0.164. The van der Waals surface area contributed by atoms with Crippen LogP contribution in [-0.2, 0) is 15.9 Å². The molecule has 1 aliphatic rings. The Hall–Kier alpha value is -2.10. The Balaban J connectivity index is 2.08. The van der Waals surface area contributed by atoms with Crippen LogP contribution in [0.4, 0.5) is 0 Å². The van der Waals surface area contributed by atoms with E-state index < -0.39 is 5.54 Å². The largest absolute Gasteiger partial charge is 0.292 e. The zero-order chi connectivity index (χ0) is 17.2. The first-order chi connectivity index (χ1) is 11.5. The van der Waals surface area contributed by atoms with Crippen LogP contribution in [0.1, 0.15) is 13.8 Å². The molecule has 0 bridgehead atoms. The van der Waals surface area contributed by atoms with Gasteiger partial charge in [0.1, 0.15) is 5.54 Å². The summed E-state index contributed by atoms with van der Waals surface area (Å²) >= 11 is -0.335. The molecule has 0 radical (unpaired) electrons. The molecule has 0 heterocycles. The van der Waals surface area contributed by atoms with Crippen molar-refractivity contribution in [3.63, 3.8) is 0 Å². The SMILES string of the molecule is CC1=CC=CC(C)(N(C)[S+](c2ccccc2)c2ccccc2)C1=O. The number of rotatable bonds is 4. The summed E-state index contributed by atoms with van der Waals surface area (Å²) in [5, 5.41) is 0. The smallest absolute Gasteiger partial charge is 0.186 e. The zero-order valence-electron chi connectivity index (χ0n) is 14.3. The Kier molecular flexibility index (Phi) is 4.74. The first kappa shape index (κ1) is 16.7. The van der Waals surface area contributed by atoms with Gasteiger partial charge < -0.3 is 0 Å². The van der Waals surface area contributed by atoms with Gasteiger partial charge >= 0.3 is 0 Å². The normalized spacial score (nSPS) is 20.5. The highest BCUT2D eigenvalue weighted by atomic mass is 32.2. The summed E-state index contributed by atoms with van der Waals surface area (Å²) in [5.41, 5.74) is 0.157. The minimum absolute atomic E-state index is 0.164. The molecule has 2 nitrogen and oxygen atoms in total. The zero-order valence-corrected chi connectivity index (χ0v) is 15.1. The van der Waals surface area contributed by atoms with Gasteiger partial charge in [0.2, 0.25) is 0 Å². The van der Waals surface area contributed by atoms with Crippen LogP contribution in [0.5, 0.6) is 0 Å². The number of ketones is 1. The highest BCUT2D eigenvalue weighted by Gasteiger charge is 2.47. The fourth-order valence-electron chi connectivity index (χ4n) is 2.92. The van der Waals surface area contributed by atoms with E-state index >= 15 is 0 Å². The topological polar surface area (TPSA) is 20.3 Å². The molecule has 0 spiro atoms. The second-order valence-electron chi connectivity index (χ2n) is 6.09. The molecule has 0 saturated carbocycles. The van der Waals surface area contributed by atoms with Crippen LogP contribution in [0.3, 0.4) is 0 Å². The Morgan fingerprint density at radius 3 is 1.92 bits per heavy atom. The lowest BCUT2D eigenvalue weighted by Gasteiger charge is -2.34. The standard InChI is InChI=1S/C21H22NOS/c1-17-11-10-16-21(2,20(17)23)22(3)24(18-12-6-4-7-13-18)19-14-8-5-9-15-19/h4-16H,1-3H3/q+1.